The predicted molar refractivity (Wildman–Crippen MR) is 77.0 cm³/mol. The number of rotatable bonds is 2. The second kappa shape index (κ2) is 6.84. The third kappa shape index (κ3) is 4.01. The van der Waals surface area contributed by atoms with E-state index in [0.717, 1.165) is 31.5 Å². The molecule has 1 N–H and O–H groups in total. The highest BCUT2D eigenvalue weighted by Gasteiger charge is 2.30. The van der Waals surface area contributed by atoms with Crippen molar-refractivity contribution in [3.8, 4) is 11.8 Å². The van der Waals surface area contributed by atoms with Crippen LogP contribution in [-0.2, 0) is 11.0 Å². The average Bonchev–Trinajstić information content (AvgIpc) is 2.94. The lowest BCUT2D eigenvalue weighted by atomic mass is 10.1. The lowest BCUT2D eigenvalue weighted by Crippen LogP contribution is -2.41. The Labute approximate surface area is 127 Å². The normalized spacial score (nSPS) is 18.6. The zero-order valence-corrected chi connectivity index (χ0v) is 12.2. The number of likely N-dealkylation sites (N-methyl/N-ethyl adjacent to an activating group) is 1. The highest BCUT2D eigenvalue weighted by Crippen LogP contribution is 2.28. The van der Waals surface area contributed by atoms with Crippen LogP contribution < -0.4 is 5.32 Å². The number of amides is 1. The van der Waals surface area contributed by atoms with Gasteiger partial charge >= 0.3 is 6.18 Å². The number of halogens is 3. The number of likely N-dealkylation sites (tertiary alicyclic amines) is 1. The number of carbonyl (C=O) groups is 1. The van der Waals surface area contributed by atoms with Crippen LogP contribution in [0.2, 0.25) is 0 Å². The van der Waals surface area contributed by atoms with E-state index in [-0.39, 0.29) is 11.9 Å². The van der Waals surface area contributed by atoms with Gasteiger partial charge in [0.2, 0.25) is 5.91 Å². The molecule has 0 saturated carbocycles. The molecular formula is C16H17F3N2O. The van der Waals surface area contributed by atoms with Crippen molar-refractivity contribution >= 4 is 5.91 Å². The van der Waals surface area contributed by atoms with Gasteiger partial charge in [-0.25, -0.2) is 0 Å². The molecule has 0 bridgehead atoms. The van der Waals surface area contributed by atoms with E-state index in [1.807, 2.05) is 4.90 Å². The lowest BCUT2D eigenvalue weighted by molar-refractivity contribution is -0.137. The molecule has 0 radical (unpaired) electrons. The predicted octanol–water partition coefficient (Wildman–Crippen LogP) is 2.27. The van der Waals surface area contributed by atoms with E-state index in [9.17, 15) is 18.0 Å². The number of nitrogens with one attached hydrogen (secondary N) is 1. The van der Waals surface area contributed by atoms with Gasteiger partial charge in [0.15, 0.2) is 0 Å². The van der Waals surface area contributed by atoms with E-state index in [2.05, 4.69) is 17.2 Å². The summed E-state index contributed by atoms with van der Waals surface area (Å²) in [6.07, 6.45) is -2.58. The minimum atomic E-state index is -4.33. The zero-order valence-electron chi connectivity index (χ0n) is 12.2. The van der Waals surface area contributed by atoms with Crippen LogP contribution >= 0.6 is 0 Å². The minimum Gasteiger partial charge on any atom is -0.358 e. The molecule has 22 heavy (non-hydrogen) atoms. The van der Waals surface area contributed by atoms with Crippen LogP contribution in [0.5, 0.6) is 0 Å². The first kappa shape index (κ1) is 16.4. The minimum absolute atomic E-state index is 0.0196. The highest BCUT2D eigenvalue weighted by molar-refractivity contribution is 5.81. The molecule has 3 nitrogen and oxygen atoms in total. The largest absolute Gasteiger partial charge is 0.416 e. The molecule has 1 fully saturated rings. The molecular weight excluding hydrogens is 293 g/mol. The first-order chi connectivity index (χ1) is 10.4. The summed E-state index contributed by atoms with van der Waals surface area (Å²) in [5, 5.41) is 2.63. The van der Waals surface area contributed by atoms with Gasteiger partial charge in [0.05, 0.1) is 18.2 Å². The summed E-state index contributed by atoms with van der Waals surface area (Å²) < 4.78 is 37.3. The standard InChI is InChI=1S/C16H17F3N2O/c1-20-15(22)14-5-3-11-21(14)10-2-4-12-6-8-13(9-7-12)16(17,18)19/h6-9,14H,3,5,10-11H2,1H3,(H,20,22). The Morgan fingerprint density at radius 3 is 2.64 bits per heavy atom. The van der Waals surface area contributed by atoms with Crippen LogP contribution in [0.25, 0.3) is 0 Å². The smallest absolute Gasteiger partial charge is 0.358 e. The Kier molecular flexibility index (Phi) is 5.09. The maximum Gasteiger partial charge on any atom is 0.416 e. The third-order valence-corrected chi connectivity index (χ3v) is 3.64. The molecule has 1 unspecified atom stereocenters. The van der Waals surface area contributed by atoms with Crippen LogP contribution in [0.4, 0.5) is 13.2 Å². The second-order valence-electron chi connectivity index (χ2n) is 5.12. The van der Waals surface area contributed by atoms with Crippen molar-refractivity contribution in [2.24, 2.45) is 0 Å². The van der Waals surface area contributed by atoms with E-state index in [4.69, 9.17) is 0 Å². The van der Waals surface area contributed by atoms with Gasteiger partial charge in [-0.2, -0.15) is 13.2 Å². The molecule has 1 aromatic carbocycles. The molecule has 0 aromatic heterocycles. The van der Waals surface area contributed by atoms with Crippen LogP contribution in [0.15, 0.2) is 24.3 Å². The molecule has 1 atom stereocenters. The van der Waals surface area contributed by atoms with Gasteiger partial charge < -0.3 is 5.32 Å². The Bertz CT molecular complexity index is 584. The molecule has 1 amide bonds. The maximum absolute atomic E-state index is 12.4. The van der Waals surface area contributed by atoms with E-state index < -0.39 is 11.7 Å². The molecule has 1 aliphatic rings. The van der Waals surface area contributed by atoms with Crippen LogP contribution in [0, 0.1) is 11.8 Å². The van der Waals surface area contributed by atoms with Gasteiger partial charge in [-0.15, -0.1) is 0 Å². The van der Waals surface area contributed by atoms with Gasteiger partial charge in [-0.3, -0.25) is 9.69 Å². The molecule has 118 valence electrons. The van der Waals surface area contributed by atoms with Crippen molar-refractivity contribution in [3.05, 3.63) is 35.4 Å². The molecule has 1 aromatic rings. The maximum atomic E-state index is 12.4. The Morgan fingerprint density at radius 1 is 1.36 bits per heavy atom. The summed E-state index contributed by atoms with van der Waals surface area (Å²) in [4.78, 5) is 13.7. The topological polar surface area (TPSA) is 32.3 Å². The summed E-state index contributed by atoms with van der Waals surface area (Å²) in [5.41, 5.74) is -0.152. The van der Waals surface area contributed by atoms with Crippen LogP contribution in [0.3, 0.4) is 0 Å². The molecule has 0 aliphatic carbocycles. The third-order valence-electron chi connectivity index (χ3n) is 3.64. The first-order valence-electron chi connectivity index (χ1n) is 7.03. The van der Waals surface area contributed by atoms with Crippen LogP contribution in [0.1, 0.15) is 24.0 Å². The van der Waals surface area contributed by atoms with Gasteiger partial charge in [0, 0.05) is 12.6 Å². The number of alkyl halides is 3. The molecule has 1 aliphatic heterocycles. The van der Waals surface area contributed by atoms with Gasteiger partial charge in [-0.1, -0.05) is 11.8 Å². The van der Waals surface area contributed by atoms with Crippen molar-refractivity contribution in [2.75, 3.05) is 20.1 Å². The van der Waals surface area contributed by atoms with Gasteiger partial charge in [0.25, 0.3) is 0 Å². The summed E-state index contributed by atoms with van der Waals surface area (Å²) >= 11 is 0. The SMILES string of the molecule is CNC(=O)C1CCCN1CC#Cc1ccc(C(F)(F)F)cc1. The van der Waals surface area contributed by atoms with Crippen molar-refractivity contribution in [3.63, 3.8) is 0 Å². The number of hydrogen-bond donors (Lipinski definition) is 1. The lowest BCUT2D eigenvalue weighted by Gasteiger charge is -2.20. The van der Waals surface area contributed by atoms with E-state index in [0.29, 0.717) is 12.1 Å². The van der Waals surface area contributed by atoms with Gasteiger partial charge in [-0.05, 0) is 43.7 Å². The number of nitrogens with zero attached hydrogens (tertiary/aromatic N) is 1. The average molecular weight is 310 g/mol. The fourth-order valence-corrected chi connectivity index (χ4v) is 2.46. The first-order valence-corrected chi connectivity index (χ1v) is 7.03. The Morgan fingerprint density at radius 2 is 2.05 bits per heavy atom. The Hall–Kier alpha value is -2.00. The highest BCUT2D eigenvalue weighted by atomic mass is 19.4. The molecule has 6 heteroatoms. The fraction of sp³-hybridized carbons (Fsp3) is 0.438. The number of carbonyl (C=O) groups excluding carboxylic acids is 1. The summed E-state index contributed by atoms with van der Waals surface area (Å²) in [7, 11) is 1.60. The monoisotopic (exact) mass is 310 g/mol. The zero-order chi connectivity index (χ0) is 16.2. The van der Waals surface area contributed by atoms with Crippen molar-refractivity contribution in [2.45, 2.75) is 25.1 Å². The van der Waals surface area contributed by atoms with Gasteiger partial charge in [0.1, 0.15) is 0 Å². The molecule has 2 rings (SSSR count). The van der Waals surface area contributed by atoms with E-state index in [1.54, 1.807) is 7.05 Å². The Balaban J connectivity index is 1.98. The summed E-state index contributed by atoms with van der Waals surface area (Å²) in [6, 6.07) is 4.60. The molecule has 0 spiro atoms. The quantitative estimate of drug-likeness (QED) is 0.850. The van der Waals surface area contributed by atoms with Crippen molar-refractivity contribution < 1.29 is 18.0 Å². The van der Waals surface area contributed by atoms with Crippen LogP contribution in [-0.4, -0.2) is 37.0 Å². The summed E-state index contributed by atoms with van der Waals surface area (Å²) in [5.74, 6) is 5.74. The summed E-state index contributed by atoms with van der Waals surface area (Å²) in [6.45, 7) is 1.24. The van der Waals surface area contributed by atoms with E-state index in [1.165, 1.54) is 12.1 Å². The number of benzene rings is 1. The van der Waals surface area contributed by atoms with Crippen molar-refractivity contribution in [1.29, 1.82) is 0 Å². The van der Waals surface area contributed by atoms with Crippen molar-refractivity contribution in [1.82, 2.24) is 10.2 Å². The molecule has 1 saturated heterocycles. The van der Waals surface area contributed by atoms with E-state index >= 15 is 0 Å². The number of hydrogen-bond acceptors (Lipinski definition) is 2. The fourth-order valence-electron chi connectivity index (χ4n) is 2.46. The second-order valence-corrected chi connectivity index (χ2v) is 5.12. The molecule has 1 heterocycles.